The summed E-state index contributed by atoms with van der Waals surface area (Å²) in [5, 5.41) is -0.161. The number of ether oxygens (including phenoxy) is 1. The summed E-state index contributed by atoms with van der Waals surface area (Å²) in [5.41, 5.74) is 0.957. The summed E-state index contributed by atoms with van der Waals surface area (Å²) in [7, 11) is 1.66. The van der Waals surface area contributed by atoms with Gasteiger partial charge in [0.05, 0.1) is 7.11 Å². The van der Waals surface area contributed by atoms with Crippen LogP contribution in [0.2, 0.25) is 0 Å². The van der Waals surface area contributed by atoms with Gasteiger partial charge in [-0.3, -0.25) is 4.79 Å². The Morgan fingerprint density at radius 2 is 2.24 bits per heavy atom. The molecule has 1 fully saturated rings. The molecule has 3 heteroatoms. The molecule has 2 rings (SSSR count). The number of halogens is 1. The van der Waals surface area contributed by atoms with Crippen LogP contribution in [-0.4, -0.2) is 12.4 Å². The van der Waals surface area contributed by atoms with Gasteiger partial charge in [0, 0.05) is 5.41 Å². The number of carbonyl (C=O) groups excluding carboxylic acids is 1. The van der Waals surface area contributed by atoms with E-state index in [1.807, 2.05) is 18.2 Å². The molecule has 0 spiro atoms. The fraction of sp³-hybridized carbons (Fsp3) is 0.500. The summed E-state index contributed by atoms with van der Waals surface area (Å²) in [5.74, 6) is 0.863. The number of hydrogen-bond acceptors (Lipinski definition) is 2. The molecule has 0 atom stereocenters. The molecule has 92 valence electrons. The molecule has 0 aliphatic heterocycles. The average Bonchev–Trinajstić information content (AvgIpc) is 2.27. The molecule has 1 saturated carbocycles. The van der Waals surface area contributed by atoms with Crippen molar-refractivity contribution in [3.05, 3.63) is 29.8 Å². The zero-order valence-corrected chi connectivity index (χ0v) is 10.8. The van der Waals surface area contributed by atoms with Crippen LogP contribution in [0.25, 0.3) is 0 Å². The van der Waals surface area contributed by atoms with E-state index >= 15 is 0 Å². The normalized spacial score (nSPS) is 17.3. The van der Waals surface area contributed by atoms with Crippen molar-refractivity contribution in [3.63, 3.8) is 0 Å². The lowest BCUT2D eigenvalue weighted by Crippen LogP contribution is -2.35. The molecule has 0 aromatic heterocycles. The number of aryl methyl sites for hydroxylation is 1. The quantitative estimate of drug-likeness (QED) is 0.749. The van der Waals surface area contributed by atoms with E-state index in [2.05, 4.69) is 6.07 Å². The second-order valence-corrected chi connectivity index (χ2v) is 5.10. The largest absolute Gasteiger partial charge is 0.497 e. The highest BCUT2D eigenvalue weighted by Gasteiger charge is 2.42. The maximum atomic E-state index is 11.4. The van der Waals surface area contributed by atoms with Crippen molar-refractivity contribution in [3.8, 4) is 5.75 Å². The minimum absolute atomic E-state index is 0.161. The predicted molar refractivity (Wildman–Crippen MR) is 68.5 cm³/mol. The lowest BCUT2D eigenvalue weighted by Gasteiger charge is -2.38. The second kappa shape index (κ2) is 5.09. The first-order valence-electron chi connectivity index (χ1n) is 5.99. The van der Waals surface area contributed by atoms with Crippen molar-refractivity contribution in [1.82, 2.24) is 0 Å². The van der Waals surface area contributed by atoms with Crippen LogP contribution in [0.3, 0.4) is 0 Å². The van der Waals surface area contributed by atoms with Gasteiger partial charge in [-0.05, 0) is 55.0 Å². The van der Waals surface area contributed by atoms with Gasteiger partial charge in [-0.2, -0.15) is 0 Å². The molecule has 0 heterocycles. The zero-order valence-electron chi connectivity index (χ0n) is 10.0. The monoisotopic (exact) mass is 252 g/mol. The molecule has 17 heavy (non-hydrogen) atoms. The summed E-state index contributed by atoms with van der Waals surface area (Å²) in [4.78, 5) is 11.4. The summed E-state index contributed by atoms with van der Waals surface area (Å²) in [6.45, 7) is 0. The third kappa shape index (κ3) is 2.63. The number of hydrogen-bond donors (Lipinski definition) is 0. The molecule has 0 unspecified atom stereocenters. The van der Waals surface area contributed by atoms with E-state index in [1.54, 1.807) is 7.11 Å². The maximum absolute atomic E-state index is 11.4. The first-order valence-corrected chi connectivity index (χ1v) is 6.37. The molecular weight excluding hydrogens is 236 g/mol. The average molecular weight is 253 g/mol. The Bertz CT molecular complexity index is 410. The summed E-state index contributed by atoms with van der Waals surface area (Å²) in [6, 6.07) is 7.98. The number of carbonyl (C=O) groups is 1. The minimum Gasteiger partial charge on any atom is -0.497 e. The molecule has 1 aliphatic carbocycles. The Morgan fingerprint density at radius 1 is 1.47 bits per heavy atom. The molecule has 1 aromatic carbocycles. The summed E-state index contributed by atoms with van der Waals surface area (Å²) in [6.07, 6.45) is 4.74. The Hall–Kier alpha value is -1.02. The Balaban J connectivity index is 1.99. The smallest absolute Gasteiger partial charge is 0.227 e. The molecule has 1 aliphatic rings. The number of methoxy groups -OCH3 is 1. The van der Waals surface area contributed by atoms with Gasteiger partial charge in [0.1, 0.15) is 5.75 Å². The molecule has 1 aromatic rings. The van der Waals surface area contributed by atoms with Gasteiger partial charge in [0.25, 0.3) is 0 Å². The molecule has 0 amide bonds. The van der Waals surface area contributed by atoms with E-state index < -0.39 is 0 Å². The standard InChI is InChI=1S/C14H17ClO2/c1-17-12-5-2-4-11(10-12)6-9-14(13(15)16)7-3-8-14/h2,4-5,10H,3,6-9H2,1H3. The molecule has 0 bridgehead atoms. The third-order valence-corrected chi connectivity index (χ3v) is 4.15. The van der Waals surface area contributed by atoms with Crippen LogP contribution in [0, 0.1) is 5.41 Å². The van der Waals surface area contributed by atoms with Crippen LogP contribution in [0.4, 0.5) is 0 Å². The van der Waals surface area contributed by atoms with Crippen molar-refractivity contribution in [2.45, 2.75) is 32.1 Å². The van der Waals surface area contributed by atoms with Crippen LogP contribution in [0.1, 0.15) is 31.2 Å². The summed E-state index contributed by atoms with van der Waals surface area (Å²) >= 11 is 5.70. The fourth-order valence-electron chi connectivity index (χ4n) is 2.36. The molecule has 2 nitrogen and oxygen atoms in total. The maximum Gasteiger partial charge on any atom is 0.227 e. The Morgan fingerprint density at radius 3 is 2.76 bits per heavy atom. The van der Waals surface area contributed by atoms with E-state index in [4.69, 9.17) is 16.3 Å². The van der Waals surface area contributed by atoms with Crippen LogP contribution in [0.5, 0.6) is 5.75 Å². The third-order valence-electron chi connectivity index (χ3n) is 3.75. The van der Waals surface area contributed by atoms with Crippen molar-refractivity contribution in [2.24, 2.45) is 5.41 Å². The highest BCUT2D eigenvalue weighted by atomic mass is 35.5. The lowest BCUT2D eigenvalue weighted by molar-refractivity contribution is -0.125. The second-order valence-electron chi connectivity index (χ2n) is 4.76. The number of rotatable bonds is 5. The van der Waals surface area contributed by atoms with Crippen molar-refractivity contribution in [2.75, 3.05) is 7.11 Å². The Kier molecular flexibility index (Phi) is 3.72. The van der Waals surface area contributed by atoms with Gasteiger partial charge in [0.15, 0.2) is 0 Å². The minimum atomic E-state index is -0.245. The van der Waals surface area contributed by atoms with Crippen LogP contribution in [0.15, 0.2) is 24.3 Å². The molecular formula is C14H17ClO2. The van der Waals surface area contributed by atoms with Crippen LogP contribution < -0.4 is 4.74 Å². The van der Waals surface area contributed by atoms with Gasteiger partial charge < -0.3 is 4.74 Å². The highest BCUT2D eigenvalue weighted by Crippen LogP contribution is 2.46. The van der Waals surface area contributed by atoms with E-state index in [0.29, 0.717) is 0 Å². The van der Waals surface area contributed by atoms with Crippen molar-refractivity contribution >= 4 is 16.8 Å². The lowest BCUT2D eigenvalue weighted by atomic mass is 9.66. The number of benzene rings is 1. The van der Waals surface area contributed by atoms with Gasteiger partial charge >= 0.3 is 0 Å². The molecule has 0 radical (unpaired) electrons. The SMILES string of the molecule is COc1cccc(CCC2(C(=O)Cl)CCC2)c1. The van der Waals surface area contributed by atoms with E-state index in [-0.39, 0.29) is 10.7 Å². The van der Waals surface area contributed by atoms with Crippen LogP contribution in [-0.2, 0) is 11.2 Å². The molecule has 0 saturated heterocycles. The van der Waals surface area contributed by atoms with Crippen molar-refractivity contribution in [1.29, 1.82) is 0 Å². The summed E-state index contributed by atoms with van der Waals surface area (Å²) < 4.78 is 5.18. The Labute approximate surface area is 107 Å². The van der Waals surface area contributed by atoms with Gasteiger partial charge in [-0.25, -0.2) is 0 Å². The van der Waals surface area contributed by atoms with Gasteiger partial charge in [0.2, 0.25) is 5.24 Å². The highest BCUT2D eigenvalue weighted by molar-refractivity contribution is 6.64. The topological polar surface area (TPSA) is 26.3 Å². The fourth-order valence-corrected chi connectivity index (χ4v) is 2.64. The van der Waals surface area contributed by atoms with E-state index in [1.165, 1.54) is 5.56 Å². The van der Waals surface area contributed by atoms with Crippen LogP contribution >= 0.6 is 11.6 Å². The first kappa shape index (κ1) is 12.4. The van der Waals surface area contributed by atoms with Gasteiger partial charge in [-0.1, -0.05) is 18.6 Å². The van der Waals surface area contributed by atoms with Crippen molar-refractivity contribution < 1.29 is 9.53 Å². The van der Waals surface area contributed by atoms with E-state index in [9.17, 15) is 4.79 Å². The first-order chi connectivity index (χ1) is 8.16. The van der Waals surface area contributed by atoms with E-state index in [0.717, 1.165) is 37.9 Å². The molecule has 0 N–H and O–H groups in total. The zero-order chi connectivity index (χ0) is 12.3. The van der Waals surface area contributed by atoms with Gasteiger partial charge in [-0.15, -0.1) is 0 Å². The predicted octanol–water partition coefficient (Wildman–Crippen LogP) is 3.56.